The number of hydrogen-bond donors (Lipinski definition) is 1. The summed E-state index contributed by atoms with van der Waals surface area (Å²) in [7, 11) is 0. The van der Waals surface area contributed by atoms with Gasteiger partial charge in [0.05, 0.1) is 0 Å². The number of nitrogens with zero attached hydrogens (tertiary/aromatic N) is 1. The highest BCUT2D eigenvalue weighted by molar-refractivity contribution is 5.86. The molecule has 1 aliphatic rings. The van der Waals surface area contributed by atoms with Crippen LogP contribution in [-0.4, -0.2) is 41.6 Å². The van der Waals surface area contributed by atoms with Crippen molar-refractivity contribution in [3.05, 3.63) is 0 Å². The fourth-order valence-electron chi connectivity index (χ4n) is 2.53. The summed E-state index contributed by atoms with van der Waals surface area (Å²) >= 11 is 0. The molecule has 1 aliphatic heterocycles. The zero-order valence-electron chi connectivity index (χ0n) is 14.2. The maximum atomic E-state index is 12.6. The van der Waals surface area contributed by atoms with Gasteiger partial charge in [-0.2, -0.15) is 0 Å². The maximum Gasteiger partial charge on any atom is 0.408 e. The van der Waals surface area contributed by atoms with Crippen LogP contribution in [0.25, 0.3) is 0 Å². The third kappa shape index (κ3) is 5.94. The van der Waals surface area contributed by atoms with E-state index in [0.717, 1.165) is 25.9 Å². The zero-order valence-corrected chi connectivity index (χ0v) is 14.2. The molecule has 0 saturated carbocycles. The number of carbonyl (C=O) groups is 2. The molecule has 0 aliphatic carbocycles. The smallest absolute Gasteiger partial charge is 0.408 e. The average molecular weight is 298 g/mol. The van der Waals surface area contributed by atoms with Gasteiger partial charge in [0.15, 0.2) is 0 Å². The molecular weight excluding hydrogens is 268 g/mol. The van der Waals surface area contributed by atoms with E-state index in [1.54, 1.807) is 0 Å². The van der Waals surface area contributed by atoms with E-state index in [4.69, 9.17) is 4.74 Å². The van der Waals surface area contributed by atoms with Crippen LogP contribution in [0.4, 0.5) is 4.79 Å². The third-order valence-corrected chi connectivity index (χ3v) is 3.57. The first kappa shape index (κ1) is 17.8. The van der Waals surface area contributed by atoms with Gasteiger partial charge >= 0.3 is 6.09 Å². The summed E-state index contributed by atoms with van der Waals surface area (Å²) in [5.74, 6) is 0.557. The Kier molecular flexibility index (Phi) is 6.05. The summed E-state index contributed by atoms with van der Waals surface area (Å²) in [6.45, 7) is 13.0. The molecule has 1 saturated heterocycles. The molecule has 0 bridgehead atoms. The monoisotopic (exact) mass is 298 g/mol. The molecule has 1 fully saturated rings. The molecule has 0 aromatic rings. The van der Waals surface area contributed by atoms with E-state index >= 15 is 0 Å². The number of rotatable bonds is 3. The molecule has 1 rings (SSSR count). The number of carbonyl (C=O) groups excluding carboxylic acids is 2. The van der Waals surface area contributed by atoms with Crippen molar-refractivity contribution < 1.29 is 14.3 Å². The summed E-state index contributed by atoms with van der Waals surface area (Å²) in [6.07, 6.45) is 1.67. The molecule has 0 aromatic carbocycles. The van der Waals surface area contributed by atoms with E-state index in [-0.39, 0.29) is 11.8 Å². The van der Waals surface area contributed by atoms with E-state index in [1.807, 2.05) is 39.5 Å². The fraction of sp³-hybridized carbons (Fsp3) is 0.875. The third-order valence-electron chi connectivity index (χ3n) is 3.57. The molecule has 1 heterocycles. The number of nitrogens with one attached hydrogen (secondary N) is 1. The molecule has 0 radical (unpaired) electrons. The van der Waals surface area contributed by atoms with Crippen molar-refractivity contribution in [2.75, 3.05) is 13.1 Å². The SMILES string of the molecule is CC1CCCN(C(=O)[C@@H](NC(=O)OC(C)(C)C)C(C)C)C1. The Balaban J connectivity index is 2.68. The summed E-state index contributed by atoms with van der Waals surface area (Å²) in [5.41, 5.74) is -0.561. The molecule has 21 heavy (non-hydrogen) atoms. The second kappa shape index (κ2) is 7.14. The highest BCUT2D eigenvalue weighted by atomic mass is 16.6. The van der Waals surface area contributed by atoms with Gasteiger partial charge in [0.1, 0.15) is 11.6 Å². The fourth-order valence-corrected chi connectivity index (χ4v) is 2.53. The molecule has 1 unspecified atom stereocenters. The number of likely N-dealkylation sites (tertiary alicyclic amines) is 1. The lowest BCUT2D eigenvalue weighted by Gasteiger charge is -2.35. The highest BCUT2D eigenvalue weighted by Crippen LogP contribution is 2.18. The van der Waals surface area contributed by atoms with Crippen molar-refractivity contribution >= 4 is 12.0 Å². The van der Waals surface area contributed by atoms with Gasteiger partial charge < -0.3 is 15.0 Å². The molecule has 0 spiro atoms. The largest absolute Gasteiger partial charge is 0.444 e. The number of alkyl carbamates (subject to hydrolysis) is 1. The van der Waals surface area contributed by atoms with E-state index in [1.165, 1.54) is 0 Å². The quantitative estimate of drug-likeness (QED) is 0.871. The molecule has 5 heteroatoms. The van der Waals surface area contributed by atoms with Crippen LogP contribution >= 0.6 is 0 Å². The van der Waals surface area contributed by atoms with Gasteiger partial charge in [0.2, 0.25) is 5.91 Å². The predicted octanol–water partition coefficient (Wildman–Crippen LogP) is 2.79. The van der Waals surface area contributed by atoms with E-state index in [2.05, 4.69) is 12.2 Å². The van der Waals surface area contributed by atoms with Crippen LogP contribution in [0.1, 0.15) is 54.4 Å². The average Bonchev–Trinajstić information content (AvgIpc) is 2.32. The Hall–Kier alpha value is -1.26. The van der Waals surface area contributed by atoms with Crippen LogP contribution in [0.2, 0.25) is 0 Å². The Bertz CT molecular complexity index is 374. The zero-order chi connectivity index (χ0) is 16.2. The van der Waals surface area contributed by atoms with Crippen molar-refractivity contribution in [2.45, 2.75) is 66.0 Å². The molecule has 5 nitrogen and oxygen atoms in total. The molecule has 2 amide bonds. The molecule has 2 atom stereocenters. The number of amides is 2. The van der Waals surface area contributed by atoms with Crippen LogP contribution in [-0.2, 0) is 9.53 Å². The second-order valence-electron chi connectivity index (χ2n) is 7.40. The van der Waals surface area contributed by atoms with Gasteiger partial charge in [-0.05, 0) is 45.4 Å². The first-order valence-corrected chi connectivity index (χ1v) is 7.88. The van der Waals surface area contributed by atoms with Crippen molar-refractivity contribution in [2.24, 2.45) is 11.8 Å². The minimum absolute atomic E-state index is 0.00223. The first-order valence-electron chi connectivity index (χ1n) is 7.88. The van der Waals surface area contributed by atoms with Crippen LogP contribution in [0, 0.1) is 11.8 Å². The summed E-state index contributed by atoms with van der Waals surface area (Å²) < 4.78 is 5.26. The van der Waals surface area contributed by atoms with Gasteiger partial charge in [-0.3, -0.25) is 4.79 Å². The topological polar surface area (TPSA) is 58.6 Å². The van der Waals surface area contributed by atoms with Gasteiger partial charge in [0, 0.05) is 13.1 Å². The lowest BCUT2D eigenvalue weighted by atomic mass is 9.97. The maximum absolute atomic E-state index is 12.6. The second-order valence-corrected chi connectivity index (χ2v) is 7.40. The minimum Gasteiger partial charge on any atom is -0.444 e. The Morgan fingerprint density at radius 3 is 2.38 bits per heavy atom. The van der Waals surface area contributed by atoms with Crippen molar-refractivity contribution in [3.63, 3.8) is 0 Å². The van der Waals surface area contributed by atoms with Crippen LogP contribution in [0.5, 0.6) is 0 Å². The van der Waals surface area contributed by atoms with Gasteiger partial charge in [-0.25, -0.2) is 4.79 Å². The van der Waals surface area contributed by atoms with Gasteiger partial charge in [0.25, 0.3) is 0 Å². The Labute approximate surface area is 128 Å². The van der Waals surface area contributed by atoms with E-state index < -0.39 is 17.7 Å². The predicted molar refractivity (Wildman–Crippen MR) is 83.0 cm³/mol. The van der Waals surface area contributed by atoms with Crippen LogP contribution in [0.3, 0.4) is 0 Å². The van der Waals surface area contributed by atoms with Gasteiger partial charge in [-0.1, -0.05) is 20.8 Å². The molecule has 122 valence electrons. The van der Waals surface area contributed by atoms with Crippen molar-refractivity contribution in [1.82, 2.24) is 10.2 Å². The standard InChI is InChI=1S/C16H30N2O3/c1-11(2)13(17-15(20)21-16(4,5)6)14(19)18-9-7-8-12(3)10-18/h11-13H,7-10H2,1-6H3,(H,17,20)/t12?,13-/m0/s1. The normalized spacial score (nSPS) is 21.1. The Morgan fingerprint density at radius 1 is 1.29 bits per heavy atom. The molecule has 1 N–H and O–H groups in total. The van der Waals surface area contributed by atoms with E-state index in [9.17, 15) is 9.59 Å². The number of hydrogen-bond acceptors (Lipinski definition) is 3. The summed E-state index contributed by atoms with van der Waals surface area (Å²) in [5, 5.41) is 2.73. The van der Waals surface area contributed by atoms with E-state index in [0.29, 0.717) is 5.92 Å². The number of piperidine rings is 1. The summed E-state index contributed by atoms with van der Waals surface area (Å²) in [6, 6.07) is -0.523. The van der Waals surface area contributed by atoms with Gasteiger partial charge in [-0.15, -0.1) is 0 Å². The first-order chi connectivity index (χ1) is 9.60. The van der Waals surface area contributed by atoms with Crippen molar-refractivity contribution in [1.29, 1.82) is 0 Å². The van der Waals surface area contributed by atoms with Crippen molar-refractivity contribution in [3.8, 4) is 0 Å². The molecule has 0 aromatic heterocycles. The lowest BCUT2D eigenvalue weighted by molar-refractivity contribution is -0.136. The van der Waals surface area contributed by atoms with Crippen LogP contribution < -0.4 is 5.32 Å². The Morgan fingerprint density at radius 2 is 1.90 bits per heavy atom. The molecular formula is C16H30N2O3. The highest BCUT2D eigenvalue weighted by Gasteiger charge is 2.32. The summed E-state index contributed by atoms with van der Waals surface area (Å²) in [4.78, 5) is 26.4. The lowest BCUT2D eigenvalue weighted by Crippen LogP contribution is -2.54. The minimum atomic E-state index is -0.561. The number of ether oxygens (including phenoxy) is 1. The van der Waals surface area contributed by atoms with Crippen LogP contribution in [0.15, 0.2) is 0 Å².